The predicted octanol–water partition coefficient (Wildman–Crippen LogP) is 4.18. The van der Waals surface area contributed by atoms with E-state index in [0.717, 1.165) is 31.4 Å². The molecule has 5 fully saturated rings. The first kappa shape index (κ1) is 20.1. The maximum absolute atomic E-state index is 8.27. The minimum absolute atomic E-state index is 0.0706. The SMILES string of the molecule is C/C=C/C1C(C2COC(C3CCCCC3=N)O2)OC2OC(C3CCCCC3)OC21. The van der Waals surface area contributed by atoms with Crippen molar-refractivity contribution in [1.82, 2.24) is 0 Å². The lowest BCUT2D eigenvalue weighted by atomic mass is 9.87. The zero-order valence-electron chi connectivity index (χ0n) is 17.5. The van der Waals surface area contributed by atoms with Gasteiger partial charge in [0.2, 0.25) is 0 Å². The summed E-state index contributed by atoms with van der Waals surface area (Å²) in [7, 11) is 0. The van der Waals surface area contributed by atoms with E-state index in [9.17, 15) is 0 Å². The van der Waals surface area contributed by atoms with Crippen LogP contribution in [0.15, 0.2) is 12.2 Å². The van der Waals surface area contributed by atoms with E-state index >= 15 is 0 Å². The molecule has 8 atom stereocenters. The number of ether oxygens (including phenoxy) is 5. The van der Waals surface area contributed by atoms with E-state index in [1.807, 2.05) is 6.92 Å². The third kappa shape index (κ3) is 3.94. The van der Waals surface area contributed by atoms with Crippen molar-refractivity contribution in [3.63, 3.8) is 0 Å². The van der Waals surface area contributed by atoms with Crippen molar-refractivity contribution in [1.29, 1.82) is 5.41 Å². The Balaban J connectivity index is 1.23. The van der Waals surface area contributed by atoms with Crippen LogP contribution in [0.5, 0.6) is 0 Å². The highest BCUT2D eigenvalue weighted by Crippen LogP contribution is 2.44. The van der Waals surface area contributed by atoms with E-state index in [1.165, 1.54) is 32.1 Å². The van der Waals surface area contributed by atoms with Crippen molar-refractivity contribution >= 4 is 5.71 Å². The van der Waals surface area contributed by atoms with Crippen LogP contribution >= 0.6 is 0 Å². The number of fused-ring (bicyclic) bond motifs is 1. The quantitative estimate of drug-likeness (QED) is 0.711. The van der Waals surface area contributed by atoms with Gasteiger partial charge in [0.15, 0.2) is 18.9 Å². The summed E-state index contributed by atoms with van der Waals surface area (Å²) in [5.41, 5.74) is 0.776. The third-order valence-corrected chi connectivity index (χ3v) is 7.41. The van der Waals surface area contributed by atoms with Crippen molar-refractivity contribution in [2.24, 2.45) is 17.8 Å². The monoisotopic (exact) mass is 405 g/mol. The Morgan fingerprint density at radius 1 is 0.828 bits per heavy atom. The van der Waals surface area contributed by atoms with Crippen LogP contribution < -0.4 is 0 Å². The molecule has 0 bridgehead atoms. The van der Waals surface area contributed by atoms with E-state index in [-0.39, 0.29) is 49.0 Å². The highest BCUT2D eigenvalue weighted by Gasteiger charge is 2.56. The molecule has 5 aliphatic rings. The zero-order valence-corrected chi connectivity index (χ0v) is 17.5. The Hall–Kier alpha value is -0.790. The second-order valence-corrected chi connectivity index (χ2v) is 9.33. The number of rotatable bonds is 4. The lowest BCUT2D eigenvalue weighted by molar-refractivity contribution is -0.199. The van der Waals surface area contributed by atoms with Crippen molar-refractivity contribution in [3.8, 4) is 0 Å². The van der Waals surface area contributed by atoms with Gasteiger partial charge in [-0.1, -0.05) is 37.8 Å². The Morgan fingerprint density at radius 2 is 1.62 bits per heavy atom. The van der Waals surface area contributed by atoms with E-state index in [1.54, 1.807) is 0 Å². The van der Waals surface area contributed by atoms with Gasteiger partial charge in [0, 0.05) is 23.5 Å². The summed E-state index contributed by atoms with van der Waals surface area (Å²) in [5, 5.41) is 8.27. The highest BCUT2D eigenvalue weighted by molar-refractivity contribution is 5.84. The Bertz CT molecular complexity index is 618. The first-order valence-electron chi connectivity index (χ1n) is 11.7. The van der Waals surface area contributed by atoms with Gasteiger partial charge in [-0.2, -0.15) is 0 Å². The molecule has 8 unspecified atom stereocenters. The number of hydrogen-bond acceptors (Lipinski definition) is 6. The molecule has 0 spiro atoms. The molecule has 3 aliphatic heterocycles. The summed E-state index contributed by atoms with van der Waals surface area (Å²) >= 11 is 0. The standard InChI is InChI=1S/C23H35NO5/c1-2-8-16-19(18-13-25-22(26-18)15-11-6-7-12-17(15)24)27-23-20(16)28-21(29-23)14-9-4-3-5-10-14/h2,8,14-16,18-24H,3-7,9-13H2,1H3/b8-2+,24-17?. The molecule has 0 aromatic rings. The zero-order chi connectivity index (χ0) is 19.8. The number of nitrogens with one attached hydrogen (secondary N) is 1. The van der Waals surface area contributed by atoms with Gasteiger partial charge in [-0.3, -0.25) is 0 Å². The lowest BCUT2D eigenvalue weighted by Gasteiger charge is -2.30. The van der Waals surface area contributed by atoms with Crippen LogP contribution in [0.25, 0.3) is 0 Å². The largest absolute Gasteiger partial charge is 0.349 e. The fourth-order valence-corrected chi connectivity index (χ4v) is 5.84. The van der Waals surface area contributed by atoms with Gasteiger partial charge in [-0.15, -0.1) is 0 Å². The van der Waals surface area contributed by atoms with Gasteiger partial charge in [-0.25, -0.2) is 0 Å². The van der Waals surface area contributed by atoms with E-state index in [0.29, 0.717) is 12.5 Å². The molecule has 29 heavy (non-hydrogen) atoms. The summed E-state index contributed by atoms with van der Waals surface area (Å²) in [5.74, 6) is 0.699. The van der Waals surface area contributed by atoms with Crippen LogP contribution in [0.1, 0.15) is 64.7 Å². The Morgan fingerprint density at radius 3 is 2.41 bits per heavy atom. The fourth-order valence-electron chi connectivity index (χ4n) is 5.84. The molecule has 0 amide bonds. The van der Waals surface area contributed by atoms with Crippen molar-refractivity contribution in [2.75, 3.05) is 6.61 Å². The van der Waals surface area contributed by atoms with Gasteiger partial charge < -0.3 is 29.1 Å². The molecule has 0 radical (unpaired) electrons. The van der Waals surface area contributed by atoms with Crippen molar-refractivity contribution in [2.45, 2.75) is 102 Å². The Labute approximate surface area is 173 Å². The summed E-state index contributed by atoms with van der Waals surface area (Å²) in [6.45, 7) is 2.55. The maximum atomic E-state index is 8.27. The van der Waals surface area contributed by atoms with Crippen molar-refractivity contribution in [3.05, 3.63) is 12.2 Å². The van der Waals surface area contributed by atoms with Gasteiger partial charge >= 0.3 is 0 Å². The van der Waals surface area contributed by atoms with Crippen LogP contribution in [0, 0.1) is 23.2 Å². The van der Waals surface area contributed by atoms with Crippen LogP contribution in [-0.4, -0.2) is 49.5 Å². The molecule has 0 aromatic heterocycles. The van der Waals surface area contributed by atoms with Crippen LogP contribution in [0.3, 0.4) is 0 Å². The molecule has 3 saturated heterocycles. The van der Waals surface area contributed by atoms with Gasteiger partial charge in [0.1, 0.15) is 12.2 Å². The van der Waals surface area contributed by atoms with Gasteiger partial charge in [0.25, 0.3) is 0 Å². The molecule has 2 aliphatic carbocycles. The lowest BCUT2D eigenvalue weighted by Crippen LogP contribution is -2.38. The number of allylic oxidation sites excluding steroid dienone is 1. The minimum atomic E-state index is -0.316. The molecule has 2 saturated carbocycles. The van der Waals surface area contributed by atoms with Crippen LogP contribution in [0.2, 0.25) is 0 Å². The summed E-state index contributed by atoms with van der Waals surface area (Å²) < 4.78 is 31.3. The fraction of sp³-hybridized carbons (Fsp3) is 0.870. The predicted molar refractivity (Wildman–Crippen MR) is 108 cm³/mol. The third-order valence-electron chi connectivity index (χ3n) is 7.41. The molecular weight excluding hydrogens is 370 g/mol. The molecule has 5 rings (SSSR count). The second kappa shape index (κ2) is 8.75. The average Bonchev–Trinajstić information content (AvgIpc) is 3.45. The summed E-state index contributed by atoms with van der Waals surface area (Å²) in [6, 6.07) is 0. The van der Waals surface area contributed by atoms with Crippen molar-refractivity contribution < 1.29 is 23.7 Å². The molecule has 6 heteroatoms. The van der Waals surface area contributed by atoms with Gasteiger partial charge in [0.05, 0.1) is 12.7 Å². The second-order valence-electron chi connectivity index (χ2n) is 9.33. The molecule has 3 heterocycles. The molecule has 162 valence electrons. The van der Waals surface area contributed by atoms with Crippen LogP contribution in [-0.2, 0) is 23.7 Å². The van der Waals surface area contributed by atoms with E-state index in [2.05, 4.69) is 12.2 Å². The maximum Gasteiger partial charge on any atom is 0.188 e. The summed E-state index contributed by atoms with van der Waals surface area (Å²) in [4.78, 5) is 0. The first-order valence-corrected chi connectivity index (χ1v) is 11.7. The summed E-state index contributed by atoms with van der Waals surface area (Å²) in [6.07, 6.45) is 13.5. The number of hydrogen-bond donors (Lipinski definition) is 1. The van der Waals surface area contributed by atoms with Gasteiger partial charge in [-0.05, 0) is 39.0 Å². The minimum Gasteiger partial charge on any atom is -0.349 e. The highest BCUT2D eigenvalue weighted by atomic mass is 16.8. The molecular formula is C23H35NO5. The molecule has 1 N–H and O–H groups in total. The molecule has 0 aromatic carbocycles. The van der Waals surface area contributed by atoms with Crippen LogP contribution in [0.4, 0.5) is 0 Å². The van der Waals surface area contributed by atoms with E-state index in [4.69, 9.17) is 29.1 Å². The normalized spacial score (nSPS) is 46.6. The smallest absolute Gasteiger partial charge is 0.188 e. The topological polar surface area (TPSA) is 70.0 Å². The molecule has 6 nitrogen and oxygen atoms in total. The van der Waals surface area contributed by atoms with E-state index < -0.39 is 0 Å². The Kier molecular flexibility index (Phi) is 6.08. The first-order chi connectivity index (χ1) is 14.2. The average molecular weight is 406 g/mol.